The Kier molecular flexibility index (Phi) is 4.40. The molecule has 1 aromatic heterocycles. The average molecular weight is 275 g/mol. The molecule has 0 spiro atoms. The van der Waals surface area contributed by atoms with Gasteiger partial charge in [-0.25, -0.2) is 0 Å². The standard InChI is InChI=1S/C16H21NOS/c1-12-6-7-13(2)15(9-12)16(3,11-18)17-10-14-5-4-8-19-14/h4-9,17-18H,10-11H2,1-3H3. The molecule has 0 saturated heterocycles. The third kappa shape index (κ3) is 3.24. The van der Waals surface area contributed by atoms with E-state index in [2.05, 4.69) is 61.8 Å². The Morgan fingerprint density at radius 2 is 2.05 bits per heavy atom. The Hall–Kier alpha value is -1.16. The molecule has 0 amide bonds. The van der Waals surface area contributed by atoms with Crippen molar-refractivity contribution in [2.24, 2.45) is 0 Å². The Morgan fingerprint density at radius 3 is 2.68 bits per heavy atom. The lowest BCUT2D eigenvalue weighted by Crippen LogP contribution is -2.42. The SMILES string of the molecule is Cc1ccc(C)c(C(C)(CO)NCc2cccs2)c1. The van der Waals surface area contributed by atoms with Crippen LogP contribution in [0.1, 0.15) is 28.5 Å². The van der Waals surface area contributed by atoms with E-state index in [1.54, 1.807) is 11.3 Å². The number of aryl methyl sites for hydroxylation is 2. The first-order valence-corrected chi connectivity index (χ1v) is 7.39. The first-order chi connectivity index (χ1) is 9.05. The molecule has 1 heterocycles. The minimum Gasteiger partial charge on any atom is -0.394 e. The third-order valence-electron chi connectivity index (χ3n) is 3.54. The van der Waals surface area contributed by atoms with Crippen LogP contribution in [0, 0.1) is 13.8 Å². The largest absolute Gasteiger partial charge is 0.394 e. The molecule has 0 fully saturated rings. The predicted molar refractivity (Wildman–Crippen MR) is 81.5 cm³/mol. The van der Waals surface area contributed by atoms with E-state index in [1.807, 2.05) is 0 Å². The van der Waals surface area contributed by atoms with Crippen LogP contribution in [-0.2, 0) is 12.1 Å². The molecule has 0 radical (unpaired) electrons. The first kappa shape index (κ1) is 14.3. The second-order valence-corrected chi connectivity index (χ2v) is 6.27. The number of hydrogen-bond donors (Lipinski definition) is 2. The van der Waals surface area contributed by atoms with Crippen LogP contribution in [0.2, 0.25) is 0 Å². The quantitative estimate of drug-likeness (QED) is 0.877. The molecule has 0 aliphatic rings. The van der Waals surface area contributed by atoms with Crippen molar-refractivity contribution in [1.82, 2.24) is 5.32 Å². The van der Waals surface area contributed by atoms with Gasteiger partial charge in [-0.3, -0.25) is 0 Å². The first-order valence-electron chi connectivity index (χ1n) is 6.51. The van der Waals surface area contributed by atoms with Gasteiger partial charge >= 0.3 is 0 Å². The smallest absolute Gasteiger partial charge is 0.0652 e. The number of thiophene rings is 1. The molecule has 0 saturated carbocycles. The number of aliphatic hydroxyl groups excluding tert-OH is 1. The number of nitrogens with one attached hydrogen (secondary N) is 1. The zero-order valence-corrected chi connectivity index (χ0v) is 12.6. The topological polar surface area (TPSA) is 32.3 Å². The molecular weight excluding hydrogens is 254 g/mol. The van der Waals surface area contributed by atoms with Gasteiger partial charge in [0.15, 0.2) is 0 Å². The summed E-state index contributed by atoms with van der Waals surface area (Å²) in [6.45, 7) is 7.10. The number of rotatable bonds is 5. The fourth-order valence-electron chi connectivity index (χ4n) is 2.26. The van der Waals surface area contributed by atoms with Crippen molar-refractivity contribution in [2.75, 3.05) is 6.61 Å². The van der Waals surface area contributed by atoms with Crippen molar-refractivity contribution in [1.29, 1.82) is 0 Å². The van der Waals surface area contributed by atoms with Crippen LogP contribution in [0.5, 0.6) is 0 Å². The van der Waals surface area contributed by atoms with Gasteiger partial charge in [0.1, 0.15) is 0 Å². The van der Waals surface area contributed by atoms with Crippen LogP contribution < -0.4 is 5.32 Å². The zero-order chi connectivity index (χ0) is 13.9. The minimum atomic E-state index is -0.403. The molecule has 1 unspecified atom stereocenters. The van der Waals surface area contributed by atoms with Crippen LogP contribution in [-0.4, -0.2) is 11.7 Å². The third-order valence-corrected chi connectivity index (χ3v) is 4.41. The van der Waals surface area contributed by atoms with Crippen LogP contribution in [0.25, 0.3) is 0 Å². The van der Waals surface area contributed by atoms with E-state index in [0.717, 1.165) is 6.54 Å². The Balaban J connectivity index is 2.23. The maximum Gasteiger partial charge on any atom is 0.0652 e. The van der Waals surface area contributed by atoms with Crippen LogP contribution in [0.3, 0.4) is 0 Å². The van der Waals surface area contributed by atoms with Crippen molar-refractivity contribution >= 4 is 11.3 Å². The van der Waals surface area contributed by atoms with Crippen LogP contribution in [0.4, 0.5) is 0 Å². The van der Waals surface area contributed by atoms with Gasteiger partial charge in [-0.05, 0) is 43.3 Å². The van der Waals surface area contributed by atoms with Gasteiger partial charge < -0.3 is 10.4 Å². The Bertz CT molecular complexity index is 536. The Morgan fingerprint density at radius 1 is 1.26 bits per heavy atom. The van der Waals surface area contributed by atoms with Crippen molar-refractivity contribution in [3.63, 3.8) is 0 Å². The van der Waals surface area contributed by atoms with Gasteiger partial charge in [0.2, 0.25) is 0 Å². The van der Waals surface area contributed by atoms with Gasteiger partial charge in [0.05, 0.1) is 12.1 Å². The summed E-state index contributed by atoms with van der Waals surface area (Å²) in [5.74, 6) is 0. The highest BCUT2D eigenvalue weighted by atomic mass is 32.1. The molecule has 19 heavy (non-hydrogen) atoms. The zero-order valence-electron chi connectivity index (χ0n) is 11.7. The molecule has 2 rings (SSSR count). The van der Waals surface area contributed by atoms with Gasteiger partial charge in [0.25, 0.3) is 0 Å². The van der Waals surface area contributed by atoms with Crippen LogP contribution >= 0.6 is 11.3 Å². The van der Waals surface area contributed by atoms with Crippen molar-refractivity contribution in [3.05, 3.63) is 57.3 Å². The van der Waals surface area contributed by atoms with Crippen LogP contribution in [0.15, 0.2) is 35.7 Å². The molecule has 2 aromatic rings. The van der Waals surface area contributed by atoms with Crippen molar-refractivity contribution in [3.8, 4) is 0 Å². The molecule has 102 valence electrons. The number of benzene rings is 1. The highest BCUT2D eigenvalue weighted by molar-refractivity contribution is 7.09. The van der Waals surface area contributed by atoms with Gasteiger partial charge in [0, 0.05) is 11.4 Å². The second kappa shape index (κ2) is 5.87. The maximum atomic E-state index is 9.82. The van der Waals surface area contributed by atoms with E-state index in [-0.39, 0.29) is 6.61 Å². The van der Waals surface area contributed by atoms with E-state index >= 15 is 0 Å². The lowest BCUT2D eigenvalue weighted by Gasteiger charge is -2.31. The van der Waals surface area contributed by atoms with Gasteiger partial charge in [-0.15, -0.1) is 11.3 Å². The van der Waals surface area contributed by atoms with Gasteiger partial charge in [-0.2, -0.15) is 0 Å². The highest BCUT2D eigenvalue weighted by Gasteiger charge is 2.26. The fourth-order valence-corrected chi connectivity index (χ4v) is 2.91. The predicted octanol–water partition coefficient (Wildman–Crippen LogP) is 3.36. The molecule has 2 nitrogen and oxygen atoms in total. The molecular formula is C16H21NOS. The molecule has 1 atom stereocenters. The molecule has 0 bridgehead atoms. The van der Waals surface area contributed by atoms with E-state index in [9.17, 15) is 5.11 Å². The van der Waals surface area contributed by atoms with E-state index in [1.165, 1.54) is 21.6 Å². The molecule has 3 heteroatoms. The number of hydrogen-bond acceptors (Lipinski definition) is 3. The summed E-state index contributed by atoms with van der Waals surface area (Å²) in [7, 11) is 0. The summed E-state index contributed by atoms with van der Waals surface area (Å²) >= 11 is 1.73. The summed E-state index contributed by atoms with van der Waals surface area (Å²) in [5, 5.41) is 15.4. The summed E-state index contributed by atoms with van der Waals surface area (Å²) in [4.78, 5) is 1.28. The summed E-state index contributed by atoms with van der Waals surface area (Å²) in [6, 6.07) is 10.5. The number of aliphatic hydroxyl groups is 1. The minimum absolute atomic E-state index is 0.0860. The molecule has 0 aliphatic heterocycles. The molecule has 2 N–H and O–H groups in total. The van der Waals surface area contributed by atoms with E-state index < -0.39 is 5.54 Å². The average Bonchev–Trinajstić information content (AvgIpc) is 2.92. The summed E-state index contributed by atoms with van der Waals surface area (Å²) < 4.78 is 0. The molecule has 1 aromatic carbocycles. The van der Waals surface area contributed by atoms with E-state index in [4.69, 9.17) is 0 Å². The lowest BCUT2D eigenvalue weighted by atomic mass is 9.88. The second-order valence-electron chi connectivity index (χ2n) is 5.24. The Labute approximate surface area is 119 Å². The lowest BCUT2D eigenvalue weighted by molar-refractivity contribution is 0.173. The normalized spacial score (nSPS) is 14.3. The van der Waals surface area contributed by atoms with Crippen molar-refractivity contribution in [2.45, 2.75) is 32.9 Å². The van der Waals surface area contributed by atoms with Gasteiger partial charge in [-0.1, -0.05) is 29.8 Å². The van der Waals surface area contributed by atoms with E-state index in [0.29, 0.717) is 0 Å². The monoisotopic (exact) mass is 275 g/mol. The summed E-state index contributed by atoms with van der Waals surface area (Å²) in [5.41, 5.74) is 3.20. The fraction of sp³-hybridized carbons (Fsp3) is 0.375. The summed E-state index contributed by atoms with van der Waals surface area (Å²) in [6.07, 6.45) is 0. The van der Waals surface area contributed by atoms with Crippen molar-refractivity contribution < 1.29 is 5.11 Å². The highest BCUT2D eigenvalue weighted by Crippen LogP contribution is 2.25. The maximum absolute atomic E-state index is 9.82. The molecule has 0 aliphatic carbocycles.